The van der Waals surface area contributed by atoms with E-state index in [-0.39, 0.29) is 5.91 Å². The lowest BCUT2D eigenvalue weighted by molar-refractivity contribution is -0.117. The van der Waals surface area contributed by atoms with Gasteiger partial charge in [0.25, 0.3) is 0 Å². The Kier molecular flexibility index (Phi) is 3.25. The molecular weight excluding hydrogens is 238 g/mol. The lowest BCUT2D eigenvalue weighted by Gasteiger charge is -2.23. The van der Waals surface area contributed by atoms with Gasteiger partial charge >= 0.3 is 0 Å². The summed E-state index contributed by atoms with van der Waals surface area (Å²) in [6, 6.07) is 8.75. The molecule has 0 aliphatic heterocycles. The maximum atomic E-state index is 10.8. The standard InChI is InChI=1S/C15H19N3O/c16-14(19)8-9-17-13-7-3-5-11-10-4-1-2-6-12(10)18-15(11)13/h1-2,4,6,13,17-18H,3,5,7-9H2,(H2,16,19). The number of aromatic amines is 1. The van der Waals surface area contributed by atoms with Crippen molar-refractivity contribution in [3.63, 3.8) is 0 Å². The minimum absolute atomic E-state index is 0.250. The maximum absolute atomic E-state index is 10.8. The van der Waals surface area contributed by atoms with E-state index in [2.05, 4.69) is 34.6 Å². The second kappa shape index (κ2) is 5.05. The lowest BCUT2D eigenvalue weighted by Crippen LogP contribution is -2.28. The Morgan fingerprint density at radius 3 is 3.11 bits per heavy atom. The third kappa shape index (κ3) is 2.36. The van der Waals surface area contributed by atoms with Gasteiger partial charge in [0, 0.05) is 35.6 Å². The van der Waals surface area contributed by atoms with Crippen molar-refractivity contribution >= 4 is 16.8 Å². The normalized spacial score (nSPS) is 18.4. The van der Waals surface area contributed by atoms with Gasteiger partial charge in [0.1, 0.15) is 0 Å². The highest BCUT2D eigenvalue weighted by Crippen LogP contribution is 2.34. The second-order valence-corrected chi connectivity index (χ2v) is 5.18. The first kappa shape index (κ1) is 12.2. The molecular formula is C15H19N3O. The third-order valence-corrected chi connectivity index (χ3v) is 3.88. The van der Waals surface area contributed by atoms with Gasteiger partial charge in [-0.3, -0.25) is 4.79 Å². The largest absolute Gasteiger partial charge is 0.370 e. The first-order chi connectivity index (χ1) is 9.25. The first-order valence-electron chi connectivity index (χ1n) is 6.87. The molecule has 0 spiro atoms. The van der Waals surface area contributed by atoms with E-state index in [1.165, 1.54) is 28.6 Å². The molecule has 1 aromatic carbocycles. The molecule has 1 unspecified atom stereocenters. The van der Waals surface area contributed by atoms with Crippen LogP contribution in [0.3, 0.4) is 0 Å². The predicted octanol–water partition coefficient (Wildman–Crippen LogP) is 2.01. The monoisotopic (exact) mass is 257 g/mol. The summed E-state index contributed by atoms with van der Waals surface area (Å²) >= 11 is 0. The molecule has 3 rings (SSSR count). The van der Waals surface area contributed by atoms with E-state index in [0.29, 0.717) is 19.0 Å². The Balaban J connectivity index is 1.85. The van der Waals surface area contributed by atoms with Crippen LogP contribution in [0.4, 0.5) is 0 Å². The van der Waals surface area contributed by atoms with E-state index in [4.69, 9.17) is 5.73 Å². The van der Waals surface area contributed by atoms with Crippen molar-refractivity contribution in [2.45, 2.75) is 31.7 Å². The number of carbonyl (C=O) groups excluding carboxylic acids is 1. The number of H-pyrrole nitrogens is 1. The highest BCUT2D eigenvalue weighted by molar-refractivity contribution is 5.85. The van der Waals surface area contributed by atoms with Gasteiger partial charge in [-0.05, 0) is 30.9 Å². The number of para-hydroxylation sites is 1. The number of hydrogen-bond acceptors (Lipinski definition) is 2. The number of benzene rings is 1. The zero-order valence-corrected chi connectivity index (χ0v) is 10.9. The molecule has 0 bridgehead atoms. The van der Waals surface area contributed by atoms with Crippen molar-refractivity contribution in [3.05, 3.63) is 35.5 Å². The number of aromatic nitrogens is 1. The number of aryl methyl sites for hydroxylation is 1. The van der Waals surface area contributed by atoms with Crippen LogP contribution in [0, 0.1) is 0 Å². The number of nitrogens with one attached hydrogen (secondary N) is 2. The Labute approximate surface area is 112 Å². The average Bonchev–Trinajstić information content (AvgIpc) is 2.78. The van der Waals surface area contributed by atoms with Gasteiger partial charge in [-0.2, -0.15) is 0 Å². The Morgan fingerprint density at radius 1 is 1.42 bits per heavy atom. The van der Waals surface area contributed by atoms with Gasteiger partial charge in [0.05, 0.1) is 0 Å². The minimum Gasteiger partial charge on any atom is -0.370 e. The van der Waals surface area contributed by atoms with E-state index >= 15 is 0 Å². The molecule has 1 amide bonds. The number of amides is 1. The highest BCUT2D eigenvalue weighted by Gasteiger charge is 2.23. The number of hydrogen-bond donors (Lipinski definition) is 3. The van der Waals surface area contributed by atoms with E-state index in [1.54, 1.807) is 0 Å². The average molecular weight is 257 g/mol. The van der Waals surface area contributed by atoms with Crippen LogP contribution in [0.5, 0.6) is 0 Å². The van der Waals surface area contributed by atoms with Gasteiger partial charge in [-0.15, -0.1) is 0 Å². The second-order valence-electron chi connectivity index (χ2n) is 5.18. The van der Waals surface area contributed by atoms with Crippen LogP contribution >= 0.6 is 0 Å². The molecule has 4 nitrogen and oxygen atoms in total. The Morgan fingerprint density at radius 2 is 2.26 bits per heavy atom. The van der Waals surface area contributed by atoms with Crippen LogP contribution in [0.15, 0.2) is 24.3 Å². The quantitative estimate of drug-likeness (QED) is 0.784. The first-order valence-corrected chi connectivity index (χ1v) is 6.87. The molecule has 1 aliphatic carbocycles. The zero-order chi connectivity index (χ0) is 13.2. The third-order valence-electron chi connectivity index (χ3n) is 3.88. The molecule has 4 heteroatoms. The van der Waals surface area contributed by atoms with Crippen molar-refractivity contribution in [2.24, 2.45) is 5.73 Å². The van der Waals surface area contributed by atoms with E-state index < -0.39 is 0 Å². The molecule has 1 aliphatic rings. The van der Waals surface area contributed by atoms with Crippen LogP contribution in [0.2, 0.25) is 0 Å². The smallest absolute Gasteiger partial charge is 0.218 e. The van der Waals surface area contributed by atoms with Gasteiger partial charge in [-0.1, -0.05) is 18.2 Å². The van der Waals surface area contributed by atoms with Crippen molar-refractivity contribution in [2.75, 3.05) is 6.54 Å². The molecule has 19 heavy (non-hydrogen) atoms. The summed E-state index contributed by atoms with van der Waals surface area (Å²) in [7, 11) is 0. The van der Waals surface area contributed by atoms with Gasteiger partial charge in [0.2, 0.25) is 5.91 Å². The summed E-state index contributed by atoms with van der Waals surface area (Å²) < 4.78 is 0. The van der Waals surface area contributed by atoms with E-state index in [0.717, 1.165) is 12.8 Å². The van der Waals surface area contributed by atoms with Gasteiger partial charge < -0.3 is 16.0 Å². The number of nitrogens with two attached hydrogens (primary N) is 1. The summed E-state index contributed by atoms with van der Waals surface area (Å²) in [6.07, 6.45) is 3.82. The fraction of sp³-hybridized carbons (Fsp3) is 0.400. The fourth-order valence-corrected chi connectivity index (χ4v) is 2.99. The van der Waals surface area contributed by atoms with Crippen LogP contribution in [0.1, 0.15) is 36.6 Å². The molecule has 1 heterocycles. The molecule has 100 valence electrons. The summed E-state index contributed by atoms with van der Waals surface area (Å²) in [5.41, 5.74) is 9.10. The predicted molar refractivity (Wildman–Crippen MR) is 75.8 cm³/mol. The van der Waals surface area contributed by atoms with Gasteiger partial charge in [0.15, 0.2) is 0 Å². The van der Waals surface area contributed by atoms with Crippen LogP contribution < -0.4 is 11.1 Å². The van der Waals surface area contributed by atoms with Crippen molar-refractivity contribution in [1.29, 1.82) is 0 Å². The number of primary amides is 1. The summed E-state index contributed by atoms with van der Waals surface area (Å²) in [5, 5.41) is 4.77. The Bertz CT molecular complexity index is 602. The summed E-state index contributed by atoms with van der Waals surface area (Å²) in [4.78, 5) is 14.3. The highest BCUT2D eigenvalue weighted by atomic mass is 16.1. The van der Waals surface area contributed by atoms with E-state index in [1.807, 2.05) is 0 Å². The molecule has 1 atom stereocenters. The lowest BCUT2D eigenvalue weighted by atomic mass is 9.91. The van der Waals surface area contributed by atoms with Crippen LogP contribution in [0.25, 0.3) is 10.9 Å². The SMILES string of the molecule is NC(=O)CCNC1CCCc2c1[nH]c1ccccc21. The van der Waals surface area contributed by atoms with Crippen LogP contribution in [-0.4, -0.2) is 17.4 Å². The van der Waals surface area contributed by atoms with Crippen molar-refractivity contribution in [1.82, 2.24) is 10.3 Å². The molecule has 4 N–H and O–H groups in total. The van der Waals surface area contributed by atoms with Gasteiger partial charge in [-0.25, -0.2) is 0 Å². The summed E-state index contributed by atoms with van der Waals surface area (Å²) in [6.45, 7) is 0.648. The molecule has 0 radical (unpaired) electrons. The topological polar surface area (TPSA) is 70.9 Å². The van der Waals surface area contributed by atoms with E-state index in [9.17, 15) is 4.79 Å². The summed E-state index contributed by atoms with van der Waals surface area (Å²) in [5.74, 6) is -0.250. The Hall–Kier alpha value is -1.81. The van der Waals surface area contributed by atoms with Crippen LogP contribution in [-0.2, 0) is 11.2 Å². The zero-order valence-electron chi connectivity index (χ0n) is 10.9. The number of fused-ring (bicyclic) bond motifs is 3. The molecule has 0 saturated carbocycles. The van der Waals surface area contributed by atoms with Crippen molar-refractivity contribution in [3.8, 4) is 0 Å². The fourth-order valence-electron chi connectivity index (χ4n) is 2.99. The molecule has 0 fully saturated rings. The molecule has 1 aromatic heterocycles. The maximum Gasteiger partial charge on any atom is 0.218 e. The minimum atomic E-state index is -0.250. The van der Waals surface area contributed by atoms with Crippen molar-refractivity contribution < 1.29 is 4.79 Å². The molecule has 0 saturated heterocycles. The number of rotatable bonds is 4. The molecule has 2 aromatic rings. The number of carbonyl (C=O) groups is 1.